The van der Waals surface area contributed by atoms with Gasteiger partial charge >= 0.3 is 0 Å². The standard InChI is InChI=1S/C8H14BrNO/c1-8(2,3)10-7(11)5-4-6-9/h4-5H,6H2,1-3H3,(H,10,11)/b5-4+. The van der Waals surface area contributed by atoms with Gasteiger partial charge in [0, 0.05) is 10.9 Å². The molecule has 11 heavy (non-hydrogen) atoms. The van der Waals surface area contributed by atoms with Crippen molar-refractivity contribution in [3.05, 3.63) is 12.2 Å². The molecule has 64 valence electrons. The Morgan fingerprint density at radius 3 is 2.45 bits per heavy atom. The van der Waals surface area contributed by atoms with Gasteiger partial charge < -0.3 is 5.32 Å². The minimum Gasteiger partial charge on any atom is -0.348 e. The molecule has 0 aromatic rings. The Kier molecular flexibility index (Phi) is 4.42. The topological polar surface area (TPSA) is 29.1 Å². The van der Waals surface area contributed by atoms with Crippen LogP contribution in [0.25, 0.3) is 0 Å². The first-order valence-electron chi connectivity index (χ1n) is 3.50. The van der Waals surface area contributed by atoms with Crippen molar-refractivity contribution in [3.8, 4) is 0 Å². The van der Waals surface area contributed by atoms with Gasteiger partial charge in [0.15, 0.2) is 0 Å². The molecule has 0 atom stereocenters. The van der Waals surface area contributed by atoms with Gasteiger partial charge in [-0.25, -0.2) is 0 Å². The highest BCUT2D eigenvalue weighted by atomic mass is 79.9. The lowest BCUT2D eigenvalue weighted by Gasteiger charge is -2.18. The normalized spacial score (nSPS) is 12.0. The van der Waals surface area contributed by atoms with E-state index >= 15 is 0 Å². The third-order valence-corrected chi connectivity index (χ3v) is 1.23. The zero-order valence-corrected chi connectivity index (χ0v) is 8.73. The molecule has 0 unspecified atom stereocenters. The molecule has 0 rings (SSSR count). The van der Waals surface area contributed by atoms with E-state index in [9.17, 15) is 4.79 Å². The molecule has 0 aliphatic rings. The van der Waals surface area contributed by atoms with E-state index in [4.69, 9.17) is 0 Å². The maximum absolute atomic E-state index is 11.0. The van der Waals surface area contributed by atoms with E-state index in [1.54, 1.807) is 6.08 Å². The zero-order chi connectivity index (χ0) is 8.91. The summed E-state index contributed by atoms with van der Waals surface area (Å²) in [6.07, 6.45) is 3.29. The lowest BCUT2D eigenvalue weighted by molar-refractivity contribution is -0.117. The molecule has 0 bridgehead atoms. The van der Waals surface area contributed by atoms with Crippen molar-refractivity contribution in [2.45, 2.75) is 26.3 Å². The maximum atomic E-state index is 11.0. The fraction of sp³-hybridized carbons (Fsp3) is 0.625. The Hall–Kier alpha value is -0.310. The van der Waals surface area contributed by atoms with E-state index < -0.39 is 0 Å². The maximum Gasteiger partial charge on any atom is 0.244 e. The Bertz CT molecular complexity index is 158. The molecule has 3 heteroatoms. The minimum absolute atomic E-state index is 0.0445. The molecule has 0 fully saturated rings. The van der Waals surface area contributed by atoms with Gasteiger partial charge in [-0.1, -0.05) is 22.0 Å². The Morgan fingerprint density at radius 2 is 2.09 bits per heavy atom. The van der Waals surface area contributed by atoms with Crippen LogP contribution in [0.2, 0.25) is 0 Å². The average molecular weight is 220 g/mol. The van der Waals surface area contributed by atoms with Crippen LogP contribution in [0, 0.1) is 0 Å². The number of allylic oxidation sites excluding steroid dienone is 1. The molecule has 0 spiro atoms. The molecule has 0 aliphatic heterocycles. The van der Waals surface area contributed by atoms with Crippen LogP contribution >= 0.6 is 15.9 Å². The van der Waals surface area contributed by atoms with Gasteiger partial charge in [-0.05, 0) is 26.8 Å². The third kappa shape index (κ3) is 7.59. The third-order valence-electron chi connectivity index (χ3n) is 0.857. The average Bonchev–Trinajstić information content (AvgIpc) is 1.79. The Labute approximate surface area is 76.2 Å². The summed E-state index contributed by atoms with van der Waals surface area (Å²) in [5.41, 5.74) is -0.145. The van der Waals surface area contributed by atoms with Crippen molar-refractivity contribution >= 4 is 21.8 Å². The molecule has 0 heterocycles. The molecule has 0 aliphatic carbocycles. The number of amides is 1. The van der Waals surface area contributed by atoms with Gasteiger partial charge in [0.05, 0.1) is 0 Å². The molecule has 1 N–H and O–H groups in total. The second-order valence-corrected chi connectivity index (χ2v) is 3.94. The first kappa shape index (κ1) is 10.7. The second kappa shape index (κ2) is 4.54. The smallest absolute Gasteiger partial charge is 0.244 e. The predicted molar refractivity (Wildman–Crippen MR) is 50.8 cm³/mol. The van der Waals surface area contributed by atoms with Crippen LogP contribution in [0.15, 0.2) is 12.2 Å². The quantitative estimate of drug-likeness (QED) is 0.558. The van der Waals surface area contributed by atoms with Gasteiger partial charge in [-0.15, -0.1) is 0 Å². The number of carbonyl (C=O) groups excluding carboxylic acids is 1. The van der Waals surface area contributed by atoms with Crippen LogP contribution < -0.4 is 5.32 Å². The van der Waals surface area contributed by atoms with Crippen LogP contribution in [-0.4, -0.2) is 16.8 Å². The number of carbonyl (C=O) groups is 1. The van der Waals surface area contributed by atoms with E-state index in [1.165, 1.54) is 6.08 Å². The van der Waals surface area contributed by atoms with Crippen LogP contribution in [-0.2, 0) is 4.79 Å². The molecular formula is C8H14BrNO. The number of nitrogens with one attached hydrogen (secondary N) is 1. The summed E-state index contributed by atoms with van der Waals surface area (Å²) in [7, 11) is 0. The van der Waals surface area contributed by atoms with E-state index in [-0.39, 0.29) is 11.4 Å². The number of rotatable bonds is 2. The Morgan fingerprint density at radius 1 is 1.55 bits per heavy atom. The first-order valence-corrected chi connectivity index (χ1v) is 4.62. The SMILES string of the molecule is CC(C)(C)NC(=O)/C=C/CBr. The highest BCUT2D eigenvalue weighted by Crippen LogP contribution is 1.97. The lowest BCUT2D eigenvalue weighted by Crippen LogP contribution is -2.39. The van der Waals surface area contributed by atoms with E-state index in [0.29, 0.717) is 5.33 Å². The first-order chi connectivity index (χ1) is 4.95. The largest absolute Gasteiger partial charge is 0.348 e. The number of alkyl halides is 1. The summed E-state index contributed by atoms with van der Waals surface area (Å²) in [5.74, 6) is -0.0445. The highest BCUT2D eigenvalue weighted by Gasteiger charge is 2.10. The number of hydrogen-bond acceptors (Lipinski definition) is 1. The van der Waals surface area contributed by atoms with Crippen molar-refractivity contribution in [2.75, 3.05) is 5.33 Å². The molecule has 0 radical (unpaired) electrons. The number of hydrogen-bond donors (Lipinski definition) is 1. The fourth-order valence-electron chi connectivity index (χ4n) is 0.563. The van der Waals surface area contributed by atoms with Crippen LogP contribution in [0.4, 0.5) is 0 Å². The summed E-state index contributed by atoms with van der Waals surface area (Å²) >= 11 is 3.19. The molecular weight excluding hydrogens is 206 g/mol. The molecule has 2 nitrogen and oxygen atoms in total. The zero-order valence-electron chi connectivity index (χ0n) is 7.15. The summed E-state index contributed by atoms with van der Waals surface area (Å²) < 4.78 is 0. The van der Waals surface area contributed by atoms with Gasteiger partial charge in [-0.3, -0.25) is 4.79 Å². The van der Waals surface area contributed by atoms with Crippen molar-refractivity contribution < 1.29 is 4.79 Å². The highest BCUT2D eigenvalue weighted by molar-refractivity contribution is 9.09. The molecule has 0 saturated heterocycles. The van der Waals surface area contributed by atoms with Crippen molar-refractivity contribution in [3.63, 3.8) is 0 Å². The van der Waals surface area contributed by atoms with Crippen LogP contribution in [0.3, 0.4) is 0 Å². The van der Waals surface area contributed by atoms with Crippen molar-refractivity contribution in [2.24, 2.45) is 0 Å². The molecule has 0 aromatic carbocycles. The minimum atomic E-state index is -0.145. The van der Waals surface area contributed by atoms with Crippen molar-refractivity contribution in [1.29, 1.82) is 0 Å². The van der Waals surface area contributed by atoms with Gasteiger partial charge in [0.1, 0.15) is 0 Å². The summed E-state index contributed by atoms with van der Waals surface area (Å²) in [4.78, 5) is 11.0. The summed E-state index contributed by atoms with van der Waals surface area (Å²) in [5, 5.41) is 3.52. The predicted octanol–water partition coefficient (Wildman–Crippen LogP) is 1.85. The lowest BCUT2D eigenvalue weighted by atomic mass is 10.1. The van der Waals surface area contributed by atoms with Crippen LogP contribution in [0.1, 0.15) is 20.8 Å². The molecule has 0 saturated carbocycles. The molecule has 0 aromatic heterocycles. The van der Waals surface area contributed by atoms with E-state index in [0.717, 1.165) is 0 Å². The summed E-state index contributed by atoms with van der Waals surface area (Å²) in [6, 6.07) is 0. The monoisotopic (exact) mass is 219 g/mol. The number of halogens is 1. The van der Waals surface area contributed by atoms with Crippen LogP contribution in [0.5, 0.6) is 0 Å². The fourth-order valence-corrected chi connectivity index (χ4v) is 0.750. The van der Waals surface area contributed by atoms with E-state index in [2.05, 4.69) is 21.2 Å². The van der Waals surface area contributed by atoms with Gasteiger partial charge in [-0.2, -0.15) is 0 Å². The van der Waals surface area contributed by atoms with E-state index in [1.807, 2.05) is 20.8 Å². The summed E-state index contributed by atoms with van der Waals surface area (Å²) in [6.45, 7) is 5.85. The second-order valence-electron chi connectivity index (χ2n) is 3.30. The van der Waals surface area contributed by atoms with Gasteiger partial charge in [0.2, 0.25) is 5.91 Å². The molecule has 1 amide bonds. The Balaban J connectivity index is 3.80. The van der Waals surface area contributed by atoms with Gasteiger partial charge in [0.25, 0.3) is 0 Å². The van der Waals surface area contributed by atoms with Crippen molar-refractivity contribution in [1.82, 2.24) is 5.32 Å².